The number of aryl methyl sites for hydroxylation is 1. The SMILES string of the molecule is CCCCCCC/C(=C/c1ccc(F)cc1)CCCc1ccccc1. The lowest BCUT2D eigenvalue weighted by Gasteiger charge is -2.09. The summed E-state index contributed by atoms with van der Waals surface area (Å²) in [6.45, 7) is 2.25. The molecule has 1 heteroatoms. The van der Waals surface area contributed by atoms with Crippen molar-refractivity contribution in [3.05, 3.63) is 77.1 Å². The molecule has 2 aromatic carbocycles. The molecule has 134 valence electrons. The predicted molar refractivity (Wildman–Crippen MR) is 107 cm³/mol. The van der Waals surface area contributed by atoms with Crippen molar-refractivity contribution in [3.8, 4) is 0 Å². The Morgan fingerprint density at radius 1 is 0.800 bits per heavy atom. The minimum absolute atomic E-state index is 0.164. The third-order valence-corrected chi connectivity index (χ3v) is 4.65. The van der Waals surface area contributed by atoms with Gasteiger partial charge in [0.25, 0.3) is 0 Å². The lowest BCUT2D eigenvalue weighted by atomic mass is 9.97. The lowest BCUT2D eigenvalue weighted by molar-refractivity contribution is 0.621. The van der Waals surface area contributed by atoms with Gasteiger partial charge in [-0.05, 0) is 55.4 Å². The molecule has 0 aromatic heterocycles. The van der Waals surface area contributed by atoms with E-state index in [2.05, 4.69) is 43.3 Å². The summed E-state index contributed by atoms with van der Waals surface area (Å²) in [5.41, 5.74) is 4.02. The van der Waals surface area contributed by atoms with Gasteiger partial charge in [0, 0.05) is 0 Å². The largest absolute Gasteiger partial charge is 0.207 e. The van der Waals surface area contributed by atoms with E-state index in [0.29, 0.717) is 0 Å². The third-order valence-electron chi connectivity index (χ3n) is 4.65. The molecule has 0 heterocycles. The summed E-state index contributed by atoms with van der Waals surface area (Å²) in [6, 6.07) is 17.6. The fraction of sp³-hybridized carbons (Fsp3) is 0.417. The number of rotatable bonds is 11. The van der Waals surface area contributed by atoms with Gasteiger partial charge in [-0.3, -0.25) is 0 Å². The fourth-order valence-electron chi connectivity index (χ4n) is 3.18. The van der Waals surface area contributed by atoms with Gasteiger partial charge >= 0.3 is 0 Å². The van der Waals surface area contributed by atoms with Gasteiger partial charge in [0.1, 0.15) is 5.82 Å². The number of benzene rings is 2. The summed E-state index contributed by atoms with van der Waals surface area (Å²) < 4.78 is 13.1. The van der Waals surface area contributed by atoms with Crippen molar-refractivity contribution in [1.29, 1.82) is 0 Å². The van der Waals surface area contributed by atoms with Gasteiger partial charge in [-0.2, -0.15) is 0 Å². The molecule has 0 fully saturated rings. The van der Waals surface area contributed by atoms with Crippen LogP contribution in [0.4, 0.5) is 4.39 Å². The standard InChI is InChI=1S/C24H31F/c1-2-3-4-5-7-13-22(20-23-16-18-24(25)19-17-23)15-10-14-21-11-8-6-9-12-21/h6,8-9,11-12,16-20H,2-5,7,10,13-15H2,1H3/b22-20-. The summed E-state index contributed by atoms with van der Waals surface area (Å²) in [4.78, 5) is 0. The van der Waals surface area contributed by atoms with E-state index in [0.717, 1.165) is 24.8 Å². The van der Waals surface area contributed by atoms with E-state index in [-0.39, 0.29) is 5.82 Å². The van der Waals surface area contributed by atoms with E-state index >= 15 is 0 Å². The highest BCUT2D eigenvalue weighted by molar-refractivity contribution is 5.52. The van der Waals surface area contributed by atoms with E-state index in [1.165, 1.54) is 49.7 Å². The van der Waals surface area contributed by atoms with Crippen molar-refractivity contribution >= 4 is 6.08 Å². The highest BCUT2D eigenvalue weighted by Crippen LogP contribution is 2.20. The fourth-order valence-corrected chi connectivity index (χ4v) is 3.18. The maximum absolute atomic E-state index is 13.1. The number of unbranched alkanes of at least 4 members (excludes halogenated alkanes) is 4. The molecule has 2 rings (SSSR count). The molecule has 0 bridgehead atoms. The Balaban J connectivity index is 1.89. The molecule has 0 aliphatic heterocycles. The zero-order valence-electron chi connectivity index (χ0n) is 15.5. The van der Waals surface area contributed by atoms with Crippen molar-refractivity contribution in [2.45, 2.75) is 64.7 Å². The predicted octanol–water partition coefficient (Wildman–Crippen LogP) is 7.59. The summed E-state index contributed by atoms with van der Waals surface area (Å²) >= 11 is 0. The Morgan fingerprint density at radius 2 is 1.48 bits per heavy atom. The molecule has 0 amide bonds. The molecule has 0 unspecified atom stereocenters. The molecule has 0 saturated heterocycles. The first-order chi connectivity index (χ1) is 12.3. The third kappa shape index (κ3) is 8.16. The van der Waals surface area contributed by atoms with E-state index < -0.39 is 0 Å². The average Bonchev–Trinajstić information content (AvgIpc) is 2.64. The number of hydrogen-bond donors (Lipinski definition) is 0. The van der Waals surface area contributed by atoms with Gasteiger partial charge in [-0.25, -0.2) is 4.39 Å². The molecule has 0 aliphatic carbocycles. The van der Waals surface area contributed by atoms with Crippen LogP contribution in [0.3, 0.4) is 0 Å². The van der Waals surface area contributed by atoms with Crippen LogP contribution in [-0.4, -0.2) is 0 Å². The van der Waals surface area contributed by atoms with Crippen molar-refractivity contribution in [2.24, 2.45) is 0 Å². The van der Waals surface area contributed by atoms with Gasteiger partial charge < -0.3 is 0 Å². The lowest BCUT2D eigenvalue weighted by Crippen LogP contribution is -1.91. The first kappa shape index (κ1) is 19.4. The van der Waals surface area contributed by atoms with E-state index in [9.17, 15) is 4.39 Å². The zero-order chi connectivity index (χ0) is 17.7. The normalized spacial score (nSPS) is 11.7. The quantitative estimate of drug-likeness (QED) is 0.370. The minimum Gasteiger partial charge on any atom is -0.207 e. The topological polar surface area (TPSA) is 0 Å². The van der Waals surface area contributed by atoms with Crippen LogP contribution < -0.4 is 0 Å². The Labute approximate surface area is 152 Å². The molecule has 0 radical (unpaired) electrons. The van der Waals surface area contributed by atoms with Crippen LogP contribution in [0.15, 0.2) is 60.2 Å². The molecule has 0 spiro atoms. The maximum Gasteiger partial charge on any atom is 0.123 e. The molecule has 0 saturated carbocycles. The Morgan fingerprint density at radius 3 is 2.20 bits per heavy atom. The van der Waals surface area contributed by atoms with Crippen LogP contribution in [0.25, 0.3) is 6.08 Å². The van der Waals surface area contributed by atoms with E-state index in [1.54, 1.807) is 12.1 Å². The number of allylic oxidation sites excluding steroid dienone is 1. The molecule has 0 aliphatic rings. The molecular formula is C24H31F. The highest BCUT2D eigenvalue weighted by Gasteiger charge is 2.01. The molecule has 0 atom stereocenters. The van der Waals surface area contributed by atoms with Crippen LogP contribution in [0.1, 0.15) is 69.4 Å². The molecular weight excluding hydrogens is 307 g/mol. The maximum atomic E-state index is 13.1. The van der Waals surface area contributed by atoms with Crippen molar-refractivity contribution < 1.29 is 4.39 Å². The van der Waals surface area contributed by atoms with Crippen molar-refractivity contribution in [2.75, 3.05) is 0 Å². The highest BCUT2D eigenvalue weighted by atomic mass is 19.1. The van der Waals surface area contributed by atoms with Crippen LogP contribution in [-0.2, 0) is 6.42 Å². The van der Waals surface area contributed by atoms with Crippen LogP contribution in [0.5, 0.6) is 0 Å². The summed E-state index contributed by atoms with van der Waals surface area (Å²) in [5.74, 6) is -0.164. The first-order valence-corrected chi connectivity index (χ1v) is 9.77. The van der Waals surface area contributed by atoms with Gasteiger partial charge in [0.15, 0.2) is 0 Å². The van der Waals surface area contributed by atoms with Gasteiger partial charge in [0.05, 0.1) is 0 Å². The second kappa shape index (κ2) is 11.6. The van der Waals surface area contributed by atoms with E-state index in [1.807, 2.05) is 12.1 Å². The minimum atomic E-state index is -0.164. The average molecular weight is 339 g/mol. The number of hydrogen-bond acceptors (Lipinski definition) is 0. The molecule has 25 heavy (non-hydrogen) atoms. The first-order valence-electron chi connectivity index (χ1n) is 9.77. The Bertz CT molecular complexity index is 610. The second-order valence-electron chi connectivity index (χ2n) is 6.86. The van der Waals surface area contributed by atoms with E-state index in [4.69, 9.17) is 0 Å². The molecule has 0 nitrogen and oxygen atoms in total. The second-order valence-corrected chi connectivity index (χ2v) is 6.86. The summed E-state index contributed by atoms with van der Waals surface area (Å²) in [5, 5.41) is 0. The van der Waals surface area contributed by atoms with Crippen LogP contribution >= 0.6 is 0 Å². The van der Waals surface area contributed by atoms with Gasteiger partial charge in [-0.1, -0.05) is 86.7 Å². The van der Waals surface area contributed by atoms with Crippen molar-refractivity contribution in [3.63, 3.8) is 0 Å². The van der Waals surface area contributed by atoms with Crippen LogP contribution in [0, 0.1) is 5.82 Å². The zero-order valence-corrected chi connectivity index (χ0v) is 15.5. The Hall–Kier alpha value is -1.89. The smallest absolute Gasteiger partial charge is 0.123 e. The number of halogens is 1. The molecule has 2 aromatic rings. The molecule has 0 N–H and O–H groups in total. The van der Waals surface area contributed by atoms with Gasteiger partial charge in [0.2, 0.25) is 0 Å². The summed E-state index contributed by atoms with van der Waals surface area (Å²) in [6.07, 6.45) is 13.4. The van der Waals surface area contributed by atoms with Gasteiger partial charge in [-0.15, -0.1) is 0 Å². The van der Waals surface area contributed by atoms with Crippen molar-refractivity contribution in [1.82, 2.24) is 0 Å². The summed E-state index contributed by atoms with van der Waals surface area (Å²) in [7, 11) is 0. The monoisotopic (exact) mass is 338 g/mol. The van der Waals surface area contributed by atoms with Crippen LogP contribution in [0.2, 0.25) is 0 Å². The Kier molecular flexibility index (Phi) is 9.04.